The van der Waals surface area contributed by atoms with Crippen LogP contribution in [0.25, 0.3) is 0 Å². The fraction of sp³-hybridized carbons (Fsp3) is 0.259. The lowest BCUT2D eigenvalue weighted by atomic mass is 10.1. The van der Waals surface area contributed by atoms with Crippen molar-refractivity contribution in [3.63, 3.8) is 0 Å². The molecule has 0 aliphatic rings. The number of alkyl halides is 3. The Balaban J connectivity index is 1.15. The fourth-order valence-corrected chi connectivity index (χ4v) is 4.51. The highest BCUT2D eigenvalue weighted by molar-refractivity contribution is 7.15. The number of aromatic nitrogens is 4. The molecule has 0 aliphatic heterocycles. The van der Waals surface area contributed by atoms with Crippen LogP contribution in [0.4, 0.5) is 24.1 Å². The molecule has 4 aromatic rings. The van der Waals surface area contributed by atoms with Crippen LogP contribution in [0.5, 0.6) is 5.75 Å². The van der Waals surface area contributed by atoms with Crippen molar-refractivity contribution in [1.82, 2.24) is 20.2 Å². The normalized spacial score (nSPS) is 11.2. The van der Waals surface area contributed by atoms with E-state index in [-0.39, 0.29) is 24.5 Å². The van der Waals surface area contributed by atoms with Gasteiger partial charge in [0.1, 0.15) is 16.6 Å². The van der Waals surface area contributed by atoms with E-state index >= 15 is 0 Å². The van der Waals surface area contributed by atoms with Gasteiger partial charge in [0.05, 0.1) is 12.8 Å². The van der Waals surface area contributed by atoms with Crippen molar-refractivity contribution in [2.45, 2.75) is 44.9 Å². The van der Waals surface area contributed by atoms with E-state index in [9.17, 15) is 22.8 Å². The van der Waals surface area contributed by atoms with Crippen molar-refractivity contribution in [2.75, 3.05) is 10.6 Å². The first-order valence-electron chi connectivity index (χ1n) is 12.3. The molecular weight excluding hydrogens is 545 g/mol. The van der Waals surface area contributed by atoms with Gasteiger partial charge in [0.2, 0.25) is 16.9 Å². The number of carbonyl (C=O) groups is 2. The van der Waals surface area contributed by atoms with E-state index in [2.05, 4.69) is 35.5 Å². The predicted molar refractivity (Wildman–Crippen MR) is 143 cm³/mol. The third kappa shape index (κ3) is 9.73. The minimum atomic E-state index is -4.80. The van der Waals surface area contributed by atoms with Gasteiger partial charge in [-0.2, -0.15) is 0 Å². The van der Waals surface area contributed by atoms with Gasteiger partial charge in [-0.3, -0.25) is 14.6 Å². The van der Waals surface area contributed by atoms with Crippen LogP contribution < -0.4 is 15.4 Å². The molecule has 0 saturated heterocycles. The zero-order valence-electron chi connectivity index (χ0n) is 21.1. The minimum absolute atomic E-state index is 0.125. The lowest BCUT2D eigenvalue weighted by Gasteiger charge is -2.10. The van der Waals surface area contributed by atoms with Gasteiger partial charge in [-0.15, -0.1) is 23.4 Å². The molecule has 0 fully saturated rings. The summed E-state index contributed by atoms with van der Waals surface area (Å²) in [6, 6.07) is 14.2. The van der Waals surface area contributed by atoms with E-state index in [4.69, 9.17) is 0 Å². The van der Waals surface area contributed by atoms with Crippen LogP contribution in [-0.2, 0) is 35.3 Å². The average molecular weight is 571 g/mol. The second kappa shape index (κ2) is 13.6. The summed E-state index contributed by atoms with van der Waals surface area (Å²) in [7, 11) is 0. The standard InChI is InChI=1S/C27H25F3N6O3S/c28-27(29,30)39-21-9-5-7-19(14-21)15-23(37)33-22-12-11-18(17-32-22)6-1-2-10-25-35-36-26(40-25)34-24(38)16-20-8-3-4-13-31-20/h3-5,7-9,11-14,17H,1-2,6,10,15-16H2,(H,32,33,37)(H,34,36,38). The van der Waals surface area contributed by atoms with E-state index in [0.717, 1.165) is 36.3 Å². The molecule has 1 aromatic carbocycles. The Hall–Kier alpha value is -4.39. The topological polar surface area (TPSA) is 119 Å². The van der Waals surface area contributed by atoms with Crippen LogP contribution in [0.3, 0.4) is 0 Å². The maximum atomic E-state index is 12.4. The zero-order valence-corrected chi connectivity index (χ0v) is 22.0. The van der Waals surface area contributed by atoms with Crippen molar-refractivity contribution >= 4 is 34.1 Å². The number of hydrogen-bond acceptors (Lipinski definition) is 8. The molecule has 0 spiro atoms. The first-order chi connectivity index (χ1) is 19.2. The van der Waals surface area contributed by atoms with Crippen molar-refractivity contribution in [2.24, 2.45) is 0 Å². The molecule has 208 valence electrons. The van der Waals surface area contributed by atoms with Crippen LogP contribution in [-0.4, -0.2) is 38.3 Å². The highest BCUT2D eigenvalue weighted by Crippen LogP contribution is 2.24. The first-order valence-corrected chi connectivity index (χ1v) is 13.1. The summed E-state index contributed by atoms with van der Waals surface area (Å²) in [6.07, 6.45) is 1.81. The zero-order chi connectivity index (χ0) is 28.4. The summed E-state index contributed by atoms with van der Waals surface area (Å²) in [4.78, 5) is 32.8. The number of aryl methyl sites for hydroxylation is 2. The van der Waals surface area contributed by atoms with Crippen molar-refractivity contribution in [1.29, 1.82) is 0 Å². The lowest BCUT2D eigenvalue weighted by Crippen LogP contribution is -2.18. The summed E-state index contributed by atoms with van der Waals surface area (Å²) >= 11 is 1.35. The molecular formula is C27H25F3N6O3S. The van der Waals surface area contributed by atoms with Crippen LogP contribution in [0.15, 0.2) is 67.0 Å². The van der Waals surface area contributed by atoms with E-state index in [1.807, 2.05) is 12.1 Å². The van der Waals surface area contributed by atoms with Gasteiger partial charge < -0.3 is 15.4 Å². The van der Waals surface area contributed by atoms with Gasteiger partial charge in [0, 0.05) is 24.5 Å². The molecule has 0 atom stereocenters. The maximum Gasteiger partial charge on any atom is 0.573 e. The predicted octanol–water partition coefficient (Wildman–Crippen LogP) is 5.15. The second-order valence-electron chi connectivity index (χ2n) is 8.73. The Kier molecular flexibility index (Phi) is 9.73. The molecule has 3 aromatic heterocycles. The first kappa shape index (κ1) is 28.6. The van der Waals surface area contributed by atoms with Crippen LogP contribution in [0.1, 0.15) is 34.7 Å². The highest BCUT2D eigenvalue weighted by Gasteiger charge is 2.31. The van der Waals surface area contributed by atoms with Gasteiger partial charge in [-0.05, 0) is 60.7 Å². The smallest absolute Gasteiger partial charge is 0.406 e. The number of halogens is 3. The second-order valence-corrected chi connectivity index (χ2v) is 9.79. The summed E-state index contributed by atoms with van der Waals surface area (Å²) in [6.45, 7) is 0. The number of nitrogens with one attached hydrogen (secondary N) is 2. The Morgan fingerprint density at radius 3 is 2.42 bits per heavy atom. The molecule has 0 aliphatic carbocycles. The lowest BCUT2D eigenvalue weighted by molar-refractivity contribution is -0.274. The summed E-state index contributed by atoms with van der Waals surface area (Å²) < 4.78 is 41.1. The molecule has 0 saturated carbocycles. The van der Waals surface area contributed by atoms with Gasteiger partial charge in [0.15, 0.2) is 0 Å². The summed E-state index contributed by atoms with van der Waals surface area (Å²) in [5.41, 5.74) is 2.05. The average Bonchev–Trinajstić information content (AvgIpc) is 3.34. The number of ether oxygens (including phenoxy) is 1. The number of amides is 2. The molecule has 4 rings (SSSR count). The largest absolute Gasteiger partial charge is 0.573 e. The number of benzene rings is 1. The Morgan fingerprint density at radius 2 is 1.68 bits per heavy atom. The molecule has 9 nitrogen and oxygen atoms in total. The van der Waals surface area contributed by atoms with E-state index in [1.54, 1.807) is 36.7 Å². The summed E-state index contributed by atoms with van der Waals surface area (Å²) in [5.74, 6) is -0.634. The van der Waals surface area contributed by atoms with Crippen molar-refractivity contribution < 1.29 is 27.5 Å². The third-order valence-electron chi connectivity index (χ3n) is 5.48. The van der Waals surface area contributed by atoms with Gasteiger partial charge in [0.25, 0.3) is 0 Å². The SMILES string of the molecule is O=C(Cc1cccc(OC(F)(F)F)c1)Nc1ccc(CCCCc2nnc(NC(=O)Cc3ccccn3)s2)cn1. The number of carbonyl (C=O) groups excluding carboxylic acids is 2. The molecule has 40 heavy (non-hydrogen) atoms. The third-order valence-corrected chi connectivity index (χ3v) is 6.37. The highest BCUT2D eigenvalue weighted by atomic mass is 32.1. The van der Waals surface area contributed by atoms with E-state index in [0.29, 0.717) is 22.2 Å². The van der Waals surface area contributed by atoms with Crippen LogP contribution >= 0.6 is 11.3 Å². The summed E-state index contributed by atoms with van der Waals surface area (Å²) in [5, 5.41) is 14.9. The fourth-order valence-electron chi connectivity index (χ4n) is 3.71. The molecule has 0 radical (unpaired) electrons. The van der Waals surface area contributed by atoms with Crippen molar-refractivity contribution in [3.05, 3.63) is 88.8 Å². The van der Waals surface area contributed by atoms with E-state index in [1.165, 1.54) is 29.5 Å². The number of rotatable bonds is 12. The van der Waals surface area contributed by atoms with Crippen molar-refractivity contribution in [3.8, 4) is 5.75 Å². The number of hydrogen-bond donors (Lipinski definition) is 2. The number of nitrogens with zero attached hydrogens (tertiary/aromatic N) is 4. The van der Waals surface area contributed by atoms with Gasteiger partial charge >= 0.3 is 6.36 Å². The molecule has 13 heteroatoms. The van der Waals surface area contributed by atoms with Gasteiger partial charge in [-0.25, -0.2) is 4.98 Å². The monoisotopic (exact) mass is 570 g/mol. The van der Waals surface area contributed by atoms with Crippen LogP contribution in [0.2, 0.25) is 0 Å². The number of unbranched alkanes of at least 4 members (excludes halogenated alkanes) is 1. The molecule has 2 amide bonds. The maximum absolute atomic E-state index is 12.4. The minimum Gasteiger partial charge on any atom is -0.406 e. The van der Waals surface area contributed by atoms with Crippen LogP contribution in [0, 0.1) is 0 Å². The Labute approximate surface area is 231 Å². The molecule has 0 unspecified atom stereocenters. The Morgan fingerprint density at radius 1 is 0.850 bits per heavy atom. The molecule has 0 bridgehead atoms. The Bertz CT molecular complexity index is 1420. The number of anilines is 2. The van der Waals surface area contributed by atoms with Gasteiger partial charge in [-0.1, -0.05) is 35.6 Å². The number of pyridine rings is 2. The molecule has 2 N–H and O–H groups in total. The quantitative estimate of drug-likeness (QED) is 0.226. The molecule has 3 heterocycles. The van der Waals surface area contributed by atoms with E-state index < -0.39 is 12.3 Å².